The Morgan fingerprint density at radius 1 is 1.19 bits per heavy atom. The van der Waals surface area contributed by atoms with Gasteiger partial charge < -0.3 is 4.74 Å². The van der Waals surface area contributed by atoms with E-state index < -0.39 is 0 Å². The molecule has 21 heavy (non-hydrogen) atoms. The highest BCUT2D eigenvalue weighted by molar-refractivity contribution is 5.69. The van der Waals surface area contributed by atoms with Gasteiger partial charge in [-0.25, -0.2) is 0 Å². The number of likely N-dealkylation sites (N-methyl/N-ethyl adjacent to an activating group) is 1. The number of nitrogens with zero attached hydrogens (tertiary/aromatic N) is 3. The average molecular weight is 281 g/mol. The monoisotopic (exact) mass is 281 g/mol. The van der Waals surface area contributed by atoms with Gasteiger partial charge in [0.2, 0.25) is 0 Å². The molecule has 0 aromatic carbocycles. The van der Waals surface area contributed by atoms with E-state index in [9.17, 15) is 0 Å². The predicted octanol–water partition coefficient (Wildman–Crippen LogP) is 2.73. The van der Waals surface area contributed by atoms with E-state index in [1.54, 1.807) is 18.6 Å². The molecule has 0 N–H and O–H groups in total. The predicted molar refractivity (Wildman–Crippen MR) is 83.9 cm³/mol. The van der Waals surface area contributed by atoms with E-state index in [0.717, 1.165) is 23.5 Å². The molecule has 1 aliphatic heterocycles. The van der Waals surface area contributed by atoms with E-state index >= 15 is 0 Å². The minimum absolute atomic E-state index is 0.543. The first-order chi connectivity index (χ1) is 10.3. The molecule has 108 valence electrons. The molecule has 0 bridgehead atoms. The van der Waals surface area contributed by atoms with Crippen molar-refractivity contribution in [1.29, 1.82) is 0 Å². The molecule has 1 saturated heterocycles. The highest BCUT2D eigenvalue weighted by Crippen LogP contribution is 2.18. The van der Waals surface area contributed by atoms with Gasteiger partial charge in [-0.3, -0.25) is 14.9 Å². The van der Waals surface area contributed by atoms with Crippen LogP contribution in [0.3, 0.4) is 0 Å². The van der Waals surface area contributed by atoms with Gasteiger partial charge in [-0.2, -0.15) is 0 Å². The van der Waals surface area contributed by atoms with Gasteiger partial charge in [0.05, 0.1) is 6.20 Å². The van der Waals surface area contributed by atoms with Gasteiger partial charge in [-0.1, -0.05) is 12.2 Å². The summed E-state index contributed by atoms with van der Waals surface area (Å²) in [5, 5.41) is 0. The Hall–Kier alpha value is -2.20. The van der Waals surface area contributed by atoms with Gasteiger partial charge in [0.1, 0.15) is 12.4 Å². The smallest absolute Gasteiger partial charge is 0.138 e. The second-order valence-electron chi connectivity index (χ2n) is 5.30. The number of hydrogen-bond acceptors (Lipinski definition) is 4. The van der Waals surface area contributed by atoms with Crippen molar-refractivity contribution in [2.75, 3.05) is 20.2 Å². The van der Waals surface area contributed by atoms with E-state index in [1.807, 2.05) is 36.5 Å². The number of hydrogen-bond donors (Lipinski definition) is 0. The lowest BCUT2D eigenvalue weighted by Crippen LogP contribution is -2.48. The first-order valence-corrected chi connectivity index (χ1v) is 7.17. The van der Waals surface area contributed by atoms with Crippen molar-refractivity contribution in [2.24, 2.45) is 0 Å². The molecule has 3 heterocycles. The van der Waals surface area contributed by atoms with E-state index in [1.165, 1.54) is 13.0 Å². The van der Waals surface area contributed by atoms with Gasteiger partial charge in [-0.05, 0) is 49.3 Å². The quantitative estimate of drug-likeness (QED) is 0.844. The van der Waals surface area contributed by atoms with E-state index in [-0.39, 0.29) is 0 Å². The van der Waals surface area contributed by atoms with Crippen molar-refractivity contribution in [3.05, 3.63) is 54.1 Å². The normalized spacial score (nSPS) is 18.6. The van der Waals surface area contributed by atoms with E-state index in [0.29, 0.717) is 6.04 Å². The van der Waals surface area contributed by atoms with Crippen LogP contribution >= 0.6 is 0 Å². The molecule has 0 spiro atoms. The minimum atomic E-state index is 0.543. The summed E-state index contributed by atoms with van der Waals surface area (Å²) in [5.41, 5.74) is 2.15. The van der Waals surface area contributed by atoms with Gasteiger partial charge in [-0.15, -0.1) is 0 Å². The lowest BCUT2D eigenvalue weighted by Gasteiger charge is -2.37. The molecule has 0 amide bonds. The highest BCUT2D eigenvalue weighted by Gasteiger charge is 2.24. The Morgan fingerprint density at radius 2 is 2.00 bits per heavy atom. The lowest BCUT2D eigenvalue weighted by atomic mass is 10.1. The Bertz CT molecular complexity index is 612. The summed E-state index contributed by atoms with van der Waals surface area (Å²) in [4.78, 5) is 10.5. The van der Waals surface area contributed by atoms with Gasteiger partial charge in [0.15, 0.2) is 0 Å². The Morgan fingerprint density at radius 3 is 2.71 bits per heavy atom. The molecule has 1 aliphatic rings. The zero-order chi connectivity index (χ0) is 14.5. The van der Waals surface area contributed by atoms with Crippen molar-refractivity contribution in [1.82, 2.24) is 14.9 Å². The molecule has 1 fully saturated rings. The molecule has 0 aliphatic carbocycles. The summed E-state index contributed by atoms with van der Waals surface area (Å²) >= 11 is 0. The minimum Gasteiger partial charge on any atom is -0.490 e. The van der Waals surface area contributed by atoms with E-state index in [4.69, 9.17) is 4.74 Å². The molecule has 0 saturated carbocycles. The van der Waals surface area contributed by atoms with Crippen LogP contribution in [0.4, 0.5) is 0 Å². The zero-order valence-corrected chi connectivity index (χ0v) is 12.1. The maximum atomic E-state index is 5.82. The third kappa shape index (κ3) is 3.67. The second kappa shape index (κ2) is 6.50. The maximum absolute atomic E-state index is 5.82. The van der Waals surface area contributed by atoms with Crippen LogP contribution in [0.15, 0.2) is 43.0 Å². The van der Waals surface area contributed by atoms with Crippen LogP contribution in [-0.2, 0) is 0 Å². The molecule has 3 rings (SSSR count). The average Bonchev–Trinajstić information content (AvgIpc) is 2.53. The molecule has 4 heteroatoms. The SMILES string of the molecule is CN1CC[C@H]1COc1cncc(C=Cc2ccncc2)c1. The number of aromatic nitrogens is 2. The summed E-state index contributed by atoms with van der Waals surface area (Å²) in [7, 11) is 2.13. The molecule has 0 radical (unpaired) electrons. The van der Waals surface area contributed by atoms with Crippen molar-refractivity contribution < 1.29 is 4.74 Å². The molecule has 4 nitrogen and oxygen atoms in total. The Labute approximate surface area is 125 Å². The molecule has 1 atom stereocenters. The maximum Gasteiger partial charge on any atom is 0.138 e. The standard InChI is InChI=1S/C17H19N3O/c1-20-9-6-16(20)13-21-17-10-15(11-19-12-17)3-2-14-4-7-18-8-5-14/h2-5,7-8,10-12,16H,6,9,13H2,1H3/t16-/m0/s1. The third-order valence-electron chi connectivity index (χ3n) is 3.79. The van der Waals surface area contributed by atoms with Crippen molar-refractivity contribution in [3.8, 4) is 5.75 Å². The summed E-state index contributed by atoms with van der Waals surface area (Å²) in [6.07, 6.45) is 12.5. The Balaban J connectivity index is 1.61. The Kier molecular flexibility index (Phi) is 4.26. The fourth-order valence-electron chi connectivity index (χ4n) is 2.25. The number of ether oxygens (including phenoxy) is 1. The van der Waals surface area contributed by atoms with Crippen LogP contribution in [0, 0.1) is 0 Å². The van der Waals surface area contributed by atoms with Gasteiger partial charge in [0, 0.05) is 24.6 Å². The summed E-state index contributed by atoms with van der Waals surface area (Å²) in [6, 6.07) is 6.50. The van der Waals surface area contributed by atoms with Crippen molar-refractivity contribution >= 4 is 12.2 Å². The topological polar surface area (TPSA) is 38.2 Å². The second-order valence-corrected chi connectivity index (χ2v) is 5.30. The van der Waals surface area contributed by atoms with E-state index in [2.05, 4.69) is 21.9 Å². The molecule has 2 aromatic rings. The summed E-state index contributed by atoms with van der Waals surface area (Å²) in [6.45, 7) is 1.90. The lowest BCUT2D eigenvalue weighted by molar-refractivity contribution is 0.0767. The van der Waals surface area contributed by atoms with Gasteiger partial charge >= 0.3 is 0 Å². The van der Waals surface area contributed by atoms with Crippen LogP contribution in [0.5, 0.6) is 5.75 Å². The third-order valence-corrected chi connectivity index (χ3v) is 3.79. The summed E-state index contributed by atoms with van der Waals surface area (Å²) in [5.74, 6) is 0.826. The number of rotatable bonds is 5. The molecular formula is C17H19N3O. The van der Waals surface area contributed by atoms with Crippen LogP contribution < -0.4 is 4.74 Å². The number of pyridine rings is 2. The fraction of sp³-hybridized carbons (Fsp3) is 0.294. The zero-order valence-electron chi connectivity index (χ0n) is 12.1. The van der Waals surface area contributed by atoms with Gasteiger partial charge in [0.25, 0.3) is 0 Å². The number of likely N-dealkylation sites (tertiary alicyclic amines) is 1. The highest BCUT2D eigenvalue weighted by atomic mass is 16.5. The fourth-order valence-corrected chi connectivity index (χ4v) is 2.25. The van der Waals surface area contributed by atoms with Crippen LogP contribution in [0.2, 0.25) is 0 Å². The first kappa shape index (κ1) is 13.8. The molecule has 2 aromatic heterocycles. The largest absolute Gasteiger partial charge is 0.490 e. The van der Waals surface area contributed by atoms with Crippen molar-refractivity contribution in [3.63, 3.8) is 0 Å². The molecular weight excluding hydrogens is 262 g/mol. The van der Waals surface area contributed by atoms with Crippen molar-refractivity contribution in [2.45, 2.75) is 12.5 Å². The van der Waals surface area contributed by atoms with Crippen LogP contribution in [0.25, 0.3) is 12.2 Å². The molecule has 0 unspecified atom stereocenters. The van der Waals surface area contributed by atoms with Crippen LogP contribution in [-0.4, -0.2) is 41.1 Å². The summed E-state index contributed by atoms with van der Waals surface area (Å²) < 4.78 is 5.82. The first-order valence-electron chi connectivity index (χ1n) is 7.17. The van der Waals surface area contributed by atoms with Crippen LogP contribution in [0.1, 0.15) is 17.5 Å².